The Balaban J connectivity index is 1.92. The van der Waals surface area contributed by atoms with Crippen LogP contribution in [0.3, 0.4) is 0 Å². The summed E-state index contributed by atoms with van der Waals surface area (Å²) < 4.78 is 0. The number of carbonyl (C=O) groups excluding carboxylic acids is 2. The lowest BCUT2D eigenvalue weighted by atomic mass is 9.97. The van der Waals surface area contributed by atoms with Crippen molar-refractivity contribution in [3.8, 4) is 0 Å². The van der Waals surface area contributed by atoms with E-state index in [9.17, 15) is 9.59 Å². The number of nitrogens with two attached hydrogens (primary N) is 1. The molecule has 1 aliphatic heterocycles. The normalized spacial score (nSPS) is 18.6. The Labute approximate surface area is 130 Å². The topological polar surface area (TPSA) is 63.4 Å². The third-order valence-corrected chi connectivity index (χ3v) is 5.01. The van der Waals surface area contributed by atoms with Gasteiger partial charge >= 0.3 is 0 Å². The molecular weight excluding hydrogens is 284 g/mol. The van der Waals surface area contributed by atoms with Crippen LogP contribution in [0.15, 0.2) is 23.1 Å². The summed E-state index contributed by atoms with van der Waals surface area (Å²) in [5.74, 6) is 0.0189. The summed E-state index contributed by atoms with van der Waals surface area (Å²) in [7, 11) is 0. The molecule has 1 aromatic carbocycles. The molecule has 0 radical (unpaired) electrons. The Bertz CT molecular complexity index is 545. The largest absolute Gasteiger partial charge is 0.369 e. The molecule has 1 heterocycles. The molecule has 1 saturated heterocycles. The minimum atomic E-state index is -0.297. The van der Waals surface area contributed by atoms with Crippen molar-refractivity contribution in [2.24, 2.45) is 11.7 Å². The number of nitrogens with zero attached hydrogens (tertiary/aromatic N) is 1. The van der Waals surface area contributed by atoms with Crippen LogP contribution >= 0.6 is 11.8 Å². The van der Waals surface area contributed by atoms with Crippen molar-refractivity contribution in [1.82, 2.24) is 4.90 Å². The van der Waals surface area contributed by atoms with Crippen LogP contribution in [0, 0.1) is 19.8 Å². The molecule has 4 nitrogen and oxygen atoms in total. The molecule has 1 unspecified atom stereocenters. The van der Waals surface area contributed by atoms with Crippen molar-refractivity contribution in [3.05, 3.63) is 29.3 Å². The second-order valence-electron chi connectivity index (χ2n) is 5.64. The van der Waals surface area contributed by atoms with Crippen molar-refractivity contribution in [3.63, 3.8) is 0 Å². The lowest BCUT2D eigenvalue weighted by Crippen LogP contribution is -2.44. The second kappa shape index (κ2) is 6.98. The summed E-state index contributed by atoms with van der Waals surface area (Å²) >= 11 is 1.57. The van der Waals surface area contributed by atoms with Gasteiger partial charge in [-0.15, -0.1) is 11.8 Å². The fourth-order valence-electron chi connectivity index (χ4n) is 2.53. The summed E-state index contributed by atoms with van der Waals surface area (Å²) in [6.07, 6.45) is 1.65. The monoisotopic (exact) mass is 306 g/mol. The van der Waals surface area contributed by atoms with E-state index in [-0.39, 0.29) is 17.7 Å². The van der Waals surface area contributed by atoms with Crippen molar-refractivity contribution >= 4 is 23.6 Å². The number of likely N-dealkylation sites (tertiary alicyclic amines) is 1. The van der Waals surface area contributed by atoms with Gasteiger partial charge in [-0.25, -0.2) is 0 Å². The summed E-state index contributed by atoms with van der Waals surface area (Å²) in [5, 5.41) is 0. The molecule has 1 aromatic rings. The minimum absolute atomic E-state index is 0.0897. The molecule has 1 fully saturated rings. The first kappa shape index (κ1) is 15.9. The molecular formula is C16H22N2O2S. The maximum absolute atomic E-state index is 12.3. The first-order valence-electron chi connectivity index (χ1n) is 7.24. The number of carbonyl (C=O) groups is 2. The zero-order chi connectivity index (χ0) is 15.4. The van der Waals surface area contributed by atoms with Gasteiger partial charge in [0.05, 0.1) is 11.7 Å². The van der Waals surface area contributed by atoms with E-state index >= 15 is 0 Å². The van der Waals surface area contributed by atoms with E-state index in [1.165, 1.54) is 11.1 Å². The fraction of sp³-hybridized carbons (Fsp3) is 0.500. The zero-order valence-electron chi connectivity index (χ0n) is 12.6. The predicted octanol–water partition coefficient (Wildman–Crippen LogP) is 2.12. The number of piperidine rings is 1. The number of aryl methyl sites for hydroxylation is 2. The molecule has 2 amide bonds. The van der Waals surface area contributed by atoms with Crippen LogP contribution in [0.4, 0.5) is 0 Å². The number of benzene rings is 1. The highest BCUT2D eigenvalue weighted by molar-refractivity contribution is 8.00. The number of hydrogen-bond acceptors (Lipinski definition) is 3. The van der Waals surface area contributed by atoms with Crippen molar-refractivity contribution in [2.75, 3.05) is 18.8 Å². The molecule has 0 bridgehead atoms. The lowest BCUT2D eigenvalue weighted by Gasteiger charge is -2.31. The maximum atomic E-state index is 12.3. The van der Waals surface area contributed by atoms with Gasteiger partial charge in [0, 0.05) is 18.0 Å². The van der Waals surface area contributed by atoms with E-state index in [1.807, 2.05) is 6.92 Å². The fourth-order valence-corrected chi connectivity index (χ4v) is 3.56. The van der Waals surface area contributed by atoms with E-state index in [0.717, 1.165) is 24.3 Å². The SMILES string of the molecule is Cc1ccc(C)c(SCC(=O)N2CCCC(C(N)=O)C2)c1. The molecule has 1 atom stereocenters. The highest BCUT2D eigenvalue weighted by atomic mass is 32.2. The van der Waals surface area contributed by atoms with Gasteiger partial charge in [0.15, 0.2) is 0 Å². The second-order valence-corrected chi connectivity index (χ2v) is 6.66. The molecule has 2 N–H and O–H groups in total. The van der Waals surface area contributed by atoms with Gasteiger partial charge in [-0.05, 0) is 38.3 Å². The Morgan fingerprint density at radius 2 is 2.14 bits per heavy atom. The Morgan fingerprint density at radius 1 is 1.38 bits per heavy atom. The van der Waals surface area contributed by atoms with Gasteiger partial charge in [-0.1, -0.05) is 17.7 Å². The van der Waals surface area contributed by atoms with Gasteiger partial charge in [-0.2, -0.15) is 0 Å². The standard InChI is InChI=1S/C16H22N2O2S/c1-11-5-6-12(2)14(8-11)21-10-15(19)18-7-3-4-13(9-18)16(17)20/h5-6,8,13H,3-4,7,9-10H2,1-2H3,(H2,17,20). The van der Waals surface area contributed by atoms with E-state index in [1.54, 1.807) is 16.7 Å². The highest BCUT2D eigenvalue weighted by Gasteiger charge is 2.26. The number of hydrogen-bond donors (Lipinski definition) is 1. The zero-order valence-corrected chi connectivity index (χ0v) is 13.4. The summed E-state index contributed by atoms with van der Waals surface area (Å²) in [4.78, 5) is 26.5. The Morgan fingerprint density at radius 3 is 2.86 bits per heavy atom. The quantitative estimate of drug-likeness (QED) is 0.867. The highest BCUT2D eigenvalue weighted by Crippen LogP contribution is 2.25. The maximum Gasteiger partial charge on any atom is 0.232 e. The van der Waals surface area contributed by atoms with E-state index in [0.29, 0.717) is 12.3 Å². The van der Waals surface area contributed by atoms with Crippen LogP contribution in [0.2, 0.25) is 0 Å². The van der Waals surface area contributed by atoms with E-state index in [2.05, 4.69) is 25.1 Å². The number of rotatable bonds is 4. The summed E-state index contributed by atoms with van der Waals surface area (Å²) in [5.41, 5.74) is 7.73. The van der Waals surface area contributed by atoms with E-state index < -0.39 is 0 Å². The van der Waals surface area contributed by atoms with Crippen LogP contribution in [0.5, 0.6) is 0 Å². The summed E-state index contributed by atoms with van der Waals surface area (Å²) in [6.45, 7) is 5.31. The molecule has 2 rings (SSSR count). The van der Waals surface area contributed by atoms with Crippen LogP contribution in [0.25, 0.3) is 0 Å². The molecule has 0 spiro atoms. The molecule has 21 heavy (non-hydrogen) atoms. The third-order valence-electron chi connectivity index (χ3n) is 3.87. The molecule has 0 aromatic heterocycles. The number of amides is 2. The minimum Gasteiger partial charge on any atom is -0.369 e. The van der Waals surface area contributed by atoms with Gasteiger partial charge < -0.3 is 10.6 Å². The van der Waals surface area contributed by atoms with Gasteiger partial charge in [0.1, 0.15) is 0 Å². The van der Waals surface area contributed by atoms with Crippen molar-refractivity contribution < 1.29 is 9.59 Å². The Kier molecular flexibility index (Phi) is 5.28. The summed E-state index contributed by atoms with van der Waals surface area (Å²) in [6, 6.07) is 6.26. The molecule has 1 aliphatic rings. The van der Waals surface area contributed by atoms with Crippen molar-refractivity contribution in [2.45, 2.75) is 31.6 Å². The van der Waals surface area contributed by atoms with Crippen LogP contribution in [0.1, 0.15) is 24.0 Å². The average Bonchev–Trinajstić information content (AvgIpc) is 2.48. The smallest absolute Gasteiger partial charge is 0.232 e. The number of primary amides is 1. The van der Waals surface area contributed by atoms with Crippen LogP contribution < -0.4 is 5.73 Å². The molecule has 0 saturated carbocycles. The molecule has 5 heteroatoms. The average molecular weight is 306 g/mol. The van der Waals surface area contributed by atoms with Gasteiger partial charge in [-0.3, -0.25) is 9.59 Å². The van der Waals surface area contributed by atoms with Crippen molar-refractivity contribution in [1.29, 1.82) is 0 Å². The molecule has 114 valence electrons. The van der Waals surface area contributed by atoms with Crippen LogP contribution in [-0.2, 0) is 9.59 Å². The third kappa shape index (κ3) is 4.24. The predicted molar refractivity (Wildman–Crippen MR) is 85.1 cm³/mol. The van der Waals surface area contributed by atoms with Crippen LogP contribution in [-0.4, -0.2) is 35.6 Å². The first-order chi connectivity index (χ1) is 9.97. The van der Waals surface area contributed by atoms with Gasteiger partial charge in [0.2, 0.25) is 11.8 Å². The van der Waals surface area contributed by atoms with E-state index in [4.69, 9.17) is 5.73 Å². The number of thioether (sulfide) groups is 1. The van der Waals surface area contributed by atoms with Gasteiger partial charge in [0.25, 0.3) is 0 Å². The first-order valence-corrected chi connectivity index (χ1v) is 8.23. The Hall–Kier alpha value is -1.49. The molecule has 0 aliphatic carbocycles. The lowest BCUT2D eigenvalue weighted by molar-refractivity contribution is -0.132.